The lowest BCUT2D eigenvalue weighted by molar-refractivity contribution is -0.126. The Kier molecular flexibility index (Phi) is 11.0. The van der Waals surface area contributed by atoms with E-state index in [2.05, 4.69) is 37.0 Å². The molecule has 0 atom stereocenters. The second-order valence-corrected chi connectivity index (χ2v) is 12.3. The van der Waals surface area contributed by atoms with Gasteiger partial charge in [0.2, 0.25) is 17.7 Å². The minimum Gasteiger partial charge on any atom is -0.476 e. The molecule has 2 aromatic heterocycles. The normalized spacial score (nSPS) is 19.2. The molecular weight excluding hydrogens is 554 g/mol. The summed E-state index contributed by atoms with van der Waals surface area (Å²) in [4.78, 5) is 38.1. The molecule has 10 heteroatoms. The molecule has 1 aliphatic carbocycles. The van der Waals surface area contributed by atoms with E-state index < -0.39 is 0 Å². The van der Waals surface area contributed by atoms with Crippen molar-refractivity contribution in [2.24, 2.45) is 5.92 Å². The van der Waals surface area contributed by atoms with E-state index in [4.69, 9.17) is 9.72 Å². The van der Waals surface area contributed by atoms with Gasteiger partial charge in [-0.3, -0.25) is 19.8 Å². The Hall–Kier alpha value is -3.76. The van der Waals surface area contributed by atoms with Crippen LogP contribution in [0.15, 0.2) is 49.2 Å². The lowest BCUT2D eigenvalue weighted by Gasteiger charge is -2.30. The number of ether oxygens (including phenoxy) is 1. The predicted molar refractivity (Wildman–Crippen MR) is 174 cm³/mol. The van der Waals surface area contributed by atoms with Gasteiger partial charge in [0.25, 0.3) is 5.91 Å². The molecule has 1 saturated heterocycles. The molecule has 0 spiro atoms. The number of imidazole rings is 1. The molecule has 3 aromatic rings. The number of rotatable bonds is 13. The summed E-state index contributed by atoms with van der Waals surface area (Å²) < 4.78 is 8.24. The number of benzene rings is 1. The van der Waals surface area contributed by atoms with Gasteiger partial charge in [0, 0.05) is 49.3 Å². The maximum atomic E-state index is 13.5. The van der Waals surface area contributed by atoms with Crippen LogP contribution >= 0.6 is 0 Å². The third-order valence-corrected chi connectivity index (χ3v) is 8.55. The lowest BCUT2D eigenvalue weighted by Crippen LogP contribution is -2.37. The van der Waals surface area contributed by atoms with Crippen LogP contribution in [0.2, 0.25) is 0 Å². The zero-order valence-electron chi connectivity index (χ0n) is 26.2. The van der Waals surface area contributed by atoms with Gasteiger partial charge in [0.15, 0.2) is 0 Å². The highest BCUT2D eigenvalue weighted by molar-refractivity contribution is 6.04. The van der Waals surface area contributed by atoms with Crippen LogP contribution in [0.25, 0.3) is 11.0 Å². The largest absolute Gasteiger partial charge is 0.476 e. The first-order valence-electron chi connectivity index (χ1n) is 16.2. The first-order chi connectivity index (χ1) is 21.4. The van der Waals surface area contributed by atoms with Crippen LogP contribution in [0.5, 0.6) is 5.88 Å². The molecule has 3 heterocycles. The van der Waals surface area contributed by atoms with Gasteiger partial charge >= 0.3 is 0 Å². The van der Waals surface area contributed by atoms with Crippen molar-refractivity contribution in [3.8, 4) is 5.88 Å². The van der Waals surface area contributed by atoms with E-state index in [0.29, 0.717) is 42.6 Å². The summed E-state index contributed by atoms with van der Waals surface area (Å²) in [6, 6.07) is 9.74. The molecule has 1 aliphatic heterocycles. The highest BCUT2D eigenvalue weighted by atomic mass is 16.5. The Morgan fingerprint density at radius 3 is 2.66 bits per heavy atom. The molecule has 0 unspecified atom stereocenters. The number of anilines is 1. The van der Waals surface area contributed by atoms with E-state index in [9.17, 15) is 9.59 Å². The fraction of sp³-hybridized carbons (Fsp3) is 0.529. The number of nitrogens with one attached hydrogen (secondary N) is 3. The number of hydrogen-bond acceptors (Lipinski definition) is 7. The molecule has 1 saturated carbocycles. The van der Waals surface area contributed by atoms with E-state index in [0.717, 1.165) is 56.4 Å². The summed E-state index contributed by atoms with van der Waals surface area (Å²) in [5, 5.41) is 9.44. The standard InChI is InChI=1S/C34H47N7O3/c1-4-15-35-22-25-9-8-10-27(20-25)33(43)39-34-38-29-23-36-31(44-19-18-40-16-6-5-7-17-40)21-30(29)41(34)28-13-11-26(12-14-28)32(42)37-24(2)3/h4,8-10,20-21,23-24,26,28,35H,1,5-7,11-19,22H2,2-3H3,(H,37,42)(H,38,39,43). The molecule has 3 N–H and O–H groups in total. The monoisotopic (exact) mass is 601 g/mol. The first kappa shape index (κ1) is 31.7. The number of fused-ring (bicyclic) bond motifs is 1. The van der Waals surface area contributed by atoms with Crippen LogP contribution in [-0.2, 0) is 11.3 Å². The highest BCUT2D eigenvalue weighted by Gasteiger charge is 2.30. The van der Waals surface area contributed by atoms with Crippen molar-refractivity contribution in [2.45, 2.75) is 77.4 Å². The van der Waals surface area contributed by atoms with Gasteiger partial charge in [-0.25, -0.2) is 9.97 Å². The minimum atomic E-state index is -0.219. The van der Waals surface area contributed by atoms with Crippen molar-refractivity contribution < 1.29 is 14.3 Å². The maximum Gasteiger partial charge on any atom is 0.257 e. The highest BCUT2D eigenvalue weighted by Crippen LogP contribution is 2.37. The predicted octanol–water partition coefficient (Wildman–Crippen LogP) is 5.08. The number of carbonyl (C=O) groups excluding carboxylic acids is 2. The first-order valence-corrected chi connectivity index (χ1v) is 16.2. The number of hydrogen-bond donors (Lipinski definition) is 3. The van der Waals surface area contributed by atoms with Crippen molar-refractivity contribution in [3.63, 3.8) is 0 Å². The molecule has 5 rings (SSSR count). The van der Waals surface area contributed by atoms with Crippen LogP contribution in [0.3, 0.4) is 0 Å². The smallest absolute Gasteiger partial charge is 0.257 e. The number of pyridine rings is 1. The van der Waals surface area contributed by atoms with Gasteiger partial charge in [0.1, 0.15) is 12.1 Å². The Morgan fingerprint density at radius 1 is 1.11 bits per heavy atom. The summed E-state index contributed by atoms with van der Waals surface area (Å²) in [6.07, 6.45) is 10.5. The number of nitrogens with zero attached hydrogens (tertiary/aromatic N) is 4. The van der Waals surface area contributed by atoms with E-state index in [-0.39, 0.29) is 29.8 Å². The number of carbonyl (C=O) groups is 2. The second-order valence-electron chi connectivity index (χ2n) is 12.3. The molecule has 0 bridgehead atoms. The maximum absolute atomic E-state index is 13.5. The van der Waals surface area contributed by atoms with Gasteiger partial charge in [-0.15, -0.1) is 6.58 Å². The third kappa shape index (κ3) is 8.24. The van der Waals surface area contributed by atoms with Gasteiger partial charge in [-0.1, -0.05) is 24.6 Å². The molecule has 1 aromatic carbocycles. The zero-order valence-corrected chi connectivity index (χ0v) is 26.2. The van der Waals surface area contributed by atoms with Crippen LogP contribution in [0.1, 0.15) is 80.8 Å². The van der Waals surface area contributed by atoms with Crippen LogP contribution in [-0.4, -0.2) is 70.1 Å². The van der Waals surface area contributed by atoms with E-state index in [1.165, 1.54) is 19.3 Å². The Balaban J connectivity index is 1.36. The van der Waals surface area contributed by atoms with Crippen molar-refractivity contribution in [1.82, 2.24) is 30.1 Å². The summed E-state index contributed by atoms with van der Waals surface area (Å²) >= 11 is 0. The van der Waals surface area contributed by atoms with Crippen LogP contribution in [0, 0.1) is 5.92 Å². The number of aromatic nitrogens is 3. The molecule has 10 nitrogen and oxygen atoms in total. The van der Waals surface area contributed by atoms with Crippen molar-refractivity contribution in [1.29, 1.82) is 0 Å². The van der Waals surface area contributed by atoms with Crippen LogP contribution in [0.4, 0.5) is 5.95 Å². The summed E-state index contributed by atoms with van der Waals surface area (Å²) in [7, 11) is 0. The topological polar surface area (TPSA) is 113 Å². The summed E-state index contributed by atoms with van der Waals surface area (Å²) in [6.45, 7) is 12.8. The molecule has 2 aliphatic rings. The molecule has 44 heavy (non-hydrogen) atoms. The number of likely N-dealkylation sites (tertiary alicyclic amines) is 1. The molecular formula is C34H47N7O3. The van der Waals surface area contributed by atoms with Crippen LogP contribution < -0.4 is 20.7 Å². The molecule has 2 amide bonds. The Bertz CT molecular complexity index is 1420. The van der Waals surface area contributed by atoms with Crippen molar-refractivity contribution in [3.05, 3.63) is 60.3 Å². The van der Waals surface area contributed by atoms with Gasteiger partial charge in [0.05, 0.1) is 11.7 Å². The van der Waals surface area contributed by atoms with E-state index >= 15 is 0 Å². The van der Waals surface area contributed by atoms with Gasteiger partial charge < -0.3 is 19.9 Å². The summed E-state index contributed by atoms with van der Waals surface area (Å²) in [5.74, 6) is 0.941. The van der Waals surface area contributed by atoms with Crippen molar-refractivity contribution >= 4 is 28.8 Å². The molecule has 2 fully saturated rings. The van der Waals surface area contributed by atoms with Crippen molar-refractivity contribution in [2.75, 3.05) is 38.1 Å². The third-order valence-electron chi connectivity index (χ3n) is 8.55. The average Bonchev–Trinajstić information content (AvgIpc) is 3.38. The number of piperidine rings is 1. The van der Waals surface area contributed by atoms with Gasteiger partial charge in [-0.2, -0.15) is 0 Å². The van der Waals surface area contributed by atoms with E-state index in [1.54, 1.807) is 6.20 Å². The lowest BCUT2D eigenvalue weighted by atomic mass is 9.85. The SMILES string of the molecule is C=CCNCc1cccc(C(=O)Nc2nc3cnc(OCCN4CCCCC4)cc3n2C2CCC(C(=O)NC(C)C)CC2)c1. The Labute approximate surface area is 260 Å². The fourth-order valence-corrected chi connectivity index (χ4v) is 6.29. The molecule has 0 radical (unpaired) electrons. The molecule has 236 valence electrons. The van der Waals surface area contributed by atoms with E-state index in [1.807, 2.05) is 50.3 Å². The van der Waals surface area contributed by atoms with Gasteiger partial charge in [-0.05, 0) is 83.2 Å². The summed E-state index contributed by atoms with van der Waals surface area (Å²) in [5.41, 5.74) is 3.16. The Morgan fingerprint density at radius 2 is 1.91 bits per heavy atom. The average molecular weight is 602 g/mol. The fourth-order valence-electron chi connectivity index (χ4n) is 6.29. The zero-order chi connectivity index (χ0) is 30.9. The minimum absolute atomic E-state index is 0.00531. The quantitative estimate of drug-likeness (QED) is 0.185. The number of amides is 2. The second kappa shape index (κ2) is 15.3.